The zero-order valence-corrected chi connectivity index (χ0v) is 5.85. The number of hydrogen-bond acceptors (Lipinski definition) is 4. The molecule has 0 aliphatic carbocycles. The van der Waals surface area contributed by atoms with Gasteiger partial charge in [-0.05, 0) is 13.8 Å². The van der Waals surface area contributed by atoms with Crippen LogP contribution in [-0.2, 0) is 4.52 Å². The SMILES string of the molecule is CC(C)OP(O)NN. The second kappa shape index (κ2) is 4.18. The van der Waals surface area contributed by atoms with Crippen molar-refractivity contribution < 1.29 is 9.42 Å². The molecule has 0 aromatic heterocycles. The van der Waals surface area contributed by atoms with E-state index in [0.717, 1.165) is 0 Å². The third-order valence-corrected chi connectivity index (χ3v) is 1.26. The molecule has 1 unspecified atom stereocenters. The smallest absolute Gasteiger partial charge is 0.267 e. The Hall–Kier alpha value is 0.270. The van der Waals surface area contributed by atoms with Crippen LogP contribution >= 0.6 is 8.53 Å². The summed E-state index contributed by atoms with van der Waals surface area (Å²) in [6, 6.07) is 0. The molecule has 0 aliphatic rings. The molecule has 0 bridgehead atoms. The van der Waals surface area contributed by atoms with Crippen LogP contribution in [0.2, 0.25) is 0 Å². The number of nitrogens with one attached hydrogen (secondary N) is 1. The van der Waals surface area contributed by atoms with Gasteiger partial charge in [-0.25, -0.2) is 0 Å². The quantitative estimate of drug-likeness (QED) is 0.294. The summed E-state index contributed by atoms with van der Waals surface area (Å²) in [5.74, 6) is 4.82. The van der Waals surface area contributed by atoms with E-state index in [1.54, 1.807) is 0 Å². The minimum Gasteiger partial charge on any atom is -0.337 e. The average molecular weight is 138 g/mol. The van der Waals surface area contributed by atoms with Crippen molar-refractivity contribution in [1.29, 1.82) is 0 Å². The first-order chi connectivity index (χ1) is 3.66. The molecular weight excluding hydrogens is 127 g/mol. The van der Waals surface area contributed by atoms with Crippen molar-refractivity contribution >= 4 is 8.53 Å². The summed E-state index contributed by atoms with van der Waals surface area (Å²) < 4.78 is 4.78. The van der Waals surface area contributed by atoms with Gasteiger partial charge in [-0.3, -0.25) is 5.84 Å². The van der Waals surface area contributed by atoms with Crippen molar-refractivity contribution in [1.82, 2.24) is 5.20 Å². The lowest BCUT2D eigenvalue weighted by molar-refractivity contribution is 0.235. The first-order valence-electron chi connectivity index (χ1n) is 2.29. The van der Waals surface area contributed by atoms with E-state index in [0.29, 0.717) is 0 Å². The molecule has 0 aromatic carbocycles. The van der Waals surface area contributed by atoms with E-state index in [9.17, 15) is 0 Å². The van der Waals surface area contributed by atoms with Crippen molar-refractivity contribution in [2.75, 3.05) is 0 Å². The summed E-state index contributed by atoms with van der Waals surface area (Å²) in [7, 11) is -1.59. The zero-order chi connectivity index (χ0) is 6.57. The number of nitrogens with two attached hydrogens (primary N) is 1. The van der Waals surface area contributed by atoms with Gasteiger partial charge in [-0.1, -0.05) is 0 Å². The van der Waals surface area contributed by atoms with Crippen LogP contribution in [0.3, 0.4) is 0 Å². The molecular formula is C3H11N2O2P. The van der Waals surface area contributed by atoms with Gasteiger partial charge in [0.05, 0.1) is 6.10 Å². The maximum atomic E-state index is 8.63. The Labute approximate surface area is 50.0 Å². The fourth-order valence-corrected chi connectivity index (χ4v) is 0.690. The second-order valence-corrected chi connectivity index (χ2v) is 2.57. The highest BCUT2D eigenvalue weighted by molar-refractivity contribution is 7.43. The molecule has 0 amide bonds. The van der Waals surface area contributed by atoms with Crippen molar-refractivity contribution in [3.05, 3.63) is 0 Å². The number of rotatable bonds is 3. The highest BCUT2D eigenvalue weighted by Gasteiger charge is 2.02. The first kappa shape index (κ1) is 8.27. The molecule has 50 valence electrons. The number of hydrazine groups is 1. The van der Waals surface area contributed by atoms with Crippen LogP contribution in [0.25, 0.3) is 0 Å². The van der Waals surface area contributed by atoms with Crippen molar-refractivity contribution in [2.24, 2.45) is 5.84 Å². The minimum atomic E-state index is -1.59. The van der Waals surface area contributed by atoms with Gasteiger partial charge in [-0.2, -0.15) is 5.20 Å². The Morgan fingerprint density at radius 1 is 1.75 bits per heavy atom. The van der Waals surface area contributed by atoms with Gasteiger partial charge in [0.25, 0.3) is 8.53 Å². The van der Waals surface area contributed by atoms with Gasteiger partial charge in [0, 0.05) is 0 Å². The summed E-state index contributed by atoms with van der Waals surface area (Å²) >= 11 is 0. The molecule has 1 atom stereocenters. The van der Waals surface area contributed by atoms with Crippen LogP contribution in [0, 0.1) is 0 Å². The van der Waals surface area contributed by atoms with E-state index >= 15 is 0 Å². The highest BCUT2D eigenvalue weighted by atomic mass is 31.2. The summed E-state index contributed by atoms with van der Waals surface area (Å²) in [4.78, 5) is 8.63. The standard InChI is InChI=1S/C3H11N2O2P/c1-3(2)7-8(6)5-4/h3,5-6H,4H2,1-2H3. The predicted molar refractivity (Wildman–Crippen MR) is 32.7 cm³/mol. The Morgan fingerprint density at radius 2 is 2.25 bits per heavy atom. The summed E-state index contributed by atoms with van der Waals surface area (Å²) in [6.07, 6.45) is 0.0159. The summed E-state index contributed by atoms with van der Waals surface area (Å²) in [6.45, 7) is 3.64. The molecule has 0 saturated carbocycles. The molecule has 4 nitrogen and oxygen atoms in total. The summed E-state index contributed by atoms with van der Waals surface area (Å²) in [5.41, 5.74) is 0. The van der Waals surface area contributed by atoms with Gasteiger partial charge in [0.1, 0.15) is 0 Å². The lowest BCUT2D eigenvalue weighted by Gasteiger charge is -2.10. The van der Waals surface area contributed by atoms with E-state index in [4.69, 9.17) is 15.3 Å². The second-order valence-electron chi connectivity index (χ2n) is 1.56. The van der Waals surface area contributed by atoms with Gasteiger partial charge in [0.2, 0.25) is 0 Å². The molecule has 0 aliphatic heterocycles. The van der Waals surface area contributed by atoms with Crippen molar-refractivity contribution in [3.63, 3.8) is 0 Å². The van der Waals surface area contributed by atoms with Crippen LogP contribution in [0.1, 0.15) is 13.8 Å². The number of hydrogen-bond donors (Lipinski definition) is 3. The molecule has 5 heteroatoms. The van der Waals surface area contributed by atoms with Gasteiger partial charge >= 0.3 is 0 Å². The van der Waals surface area contributed by atoms with Crippen LogP contribution < -0.4 is 11.0 Å². The molecule has 0 fully saturated rings. The highest BCUT2D eigenvalue weighted by Crippen LogP contribution is 2.25. The van der Waals surface area contributed by atoms with Crippen LogP contribution in [0.5, 0.6) is 0 Å². The summed E-state index contributed by atoms with van der Waals surface area (Å²) in [5, 5.41) is 2.09. The Morgan fingerprint density at radius 3 is 2.38 bits per heavy atom. The lowest BCUT2D eigenvalue weighted by Crippen LogP contribution is -2.17. The Balaban J connectivity index is 3.10. The molecule has 0 heterocycles. The van der Waals surface area contributed by atoms with Crippen LogP contribution in [-0.4, -0.2) is 11.0 Å². The molecule has 4 N–H and O–H groups in total. The lowest BCUT2D eigenvalue weighted by atomic mass is 10.5. The fourth-order valence-electron chi connectivity index (χ4n) is 0.230. The van der Waals surface area contributed by atoms with E-state index in [1.165, 1.54) is 0 Å². The monoisotopic (exact) mass is 138 g/mol. The van der Waals surface area contributed by atoms with Crippen molar-refractivity contribution in [2.45, 2.75) is 20.0 Å². The topological polar surface area (TPSA) is 67.5 Å². The van der Waals surface area contributed by atoms with E-state index in [2.05, 4.69) is 5.20 Å². The van der Waals surface area contributed by atoms with Crippen LogP contribution in [0.4, 0.5) is 0 Å². The van der Waals surface area contributed by atoms with E-state index in [1.807, 2.05) is 13.8 Å². The van der Waals surface area contributed by atoms with Gasteiger partial charge in [-0.15, -0.1) is 0 Å². The molecule has 0 radical (unpaired) electrons. The van der Waals surface area contributed by atoms with Crippen molar-refractivity contribution in [3.8, 4) is 0 Å². The van der Waals surface area contributed by atoms with Crippen LogP contribution in [0.15, 0.2) is 0 Å². The zero-order valence-electron chi connectivity index (χ0n) is 4.96. The molecule has 0 rings (SSSR count). The Kier molecular flexibility index (Phi) is 4.32. The molecule has 8 heavy (non-hydrogen) atoms. The third kappa shape index (κ3) is 4.43. The third-order valence-electron chi connectivity index (χ3n) is 0.421. The Bertz CT molecular complexity index is 61.2. The maximum Gasteiger partial charge on any atom is 0.267 e. The van der Waals surface area contributed by atoms with Gasteiger partial charge < -0.3 is 9.42 Å². The average Bonchev–Trinajstić information content (AvgIpc) is 1.65. The fraction of sp³-hybridized carbons (Fsp3) is 1.00. The minimum absolute atomic E-state index is 0.0159. The predicted octanol–water partition coefficient (Wildman–Crippen LogP) is 0.0939. The normalized spacial score (nSPS) is 14.6. The molecule has 0 saturated heterocycles. The first-order valence-corrected chi connectivity index (χ1v) is 3.50. The molecule has 0 aromatic rings. The largest absolute Gasteiger partial charge is 0.337 e. The molecule has 0 spiro atoms. The van der Waals surface area contributed by atoms with E-state index < -0.39 is 8.53 Å². The van der Waals surface area contributed by atoms with E-state index in [-0.39, 0.29) is 6.10 Å². The van der Waals surface area contributed by atoms with Gasteiger partial charge in [0.15, 0.2) is 0 Å². The maximum absolute atomic E-state index is 8.63.